The molecular weight excluding hydrogens is 260 g/mol. The molecular formula is C14H18N2O2S. The second-order valence-electron chi connectivity index (χ2n) is 4.56. The number of carboxylic acid groups (broad SMARTS) is 1. The van der Waals surface area contributed by atoms with Gasteiger partial charge in [-0.25, -0.2) is 9.78 Å². The highest BCUT2D eigenvalue weighted by atomic mass is 32.2. The number of aryl methyl sites for hydroxylation is 1. The number of benzene rings is 1. The van der Waals surface area contributed by atoms with Crippen molar-refractivity contribution in [2.75, 3.05) is 12.0 Å². The van der Waals surface area contributed by atoms with Crippen LogP contribution in [0.5, 0.6) is 0 Å². The molecule has 0 amide bonds. The summed E-state index contributed by atoms with van der Waals surface area (Å²) in [6.07, 6.45) is 3.09. The molecule has 2 rings (SSSR count). The van der Waals surface area contributed by atoms with E-state index in [1.165, 1.54) is 0 Å². The average Bonchev–Trinajstić information content (AvgIpc) is 2.71. The van der Waals surface area contributed by atoms with E-state index in [0.29, 0.717) is 11.6 Å². The third kappa shape index (κ3) is 2.61. The van der Waals surface area contributed by atoms with Gasteiger partial charge in [0.05, 0.1) is 16.6 Å². The normalized spacial score (nSPS) is 12.8. The van der Waals surface area contributed by atoms with Crippen LogP contribution in [-0.4, -0.2) is 32.6 Å². The monoisotopic (exact) mass is 278 g/mol. The highest BCUT2D eigenvalue weighted by Gasteiger charge is 2.16. The Morgan fingerprint density at radius 1 is 1.53 bits per heavy atom. The molecule has 1 N–H and O–H groups in total. The van der Waals surface area contributed by atoms with Gasteiger partial charge in [0.15, 0.2) is 0 Å². The molecule has 1 aromatic heterocycles. The Balaban J connectivity index is 2.60. The molecule has 0 fully saturated rings. The maximum absolute atomic E-state index is 11.1. The van der Waals surface area contributed by atoms with Crippen molar-refractivity contribution in [1.29, 1.82) is 0 Å². The fourth-order valence-electron chi connectivity index (χ4n) is 2.37. The summed E-state index contributed by atoms with van der Waals surface area (Å²) in [4.78, 5) is 15.6. The smallest absolute Gasteiger partial charge is 0.335 e. The van der Waals surface area contributed by atoms with Gasteiger partial charge in [-0.3, -0.25) is 0 Å². The predicted octanol–water partition coefficient (Wildman–Crippen LogP) is 3.36. The summed E-state index contributed by atoms with van der Waals surface area (Å²) >= 11 is 1.80. The topological polar surface area (TPSA) is 55.1 Å². The zero-order chi connectivity index (χ0) is 14.0. The Morgan fingerprint density at radius 2 is 2.26 bits per heavy atom. The maximum atomic E-state index is 11.1. The summed E-state index contributed by atoms with van der Waals surface area (Å²) in [5.74, 6) is 1.05. The molecule has 5 heteroatoms. The Bertz CT molecular complexity index is 607. The summed E-state index contributed by atoms with van der Waals surface area (Å²) in [6.45, 7) is 4.12. The van der Waals surface area contributed by atoms with Gasteiger partial charge in [-0.1, -0.05) is 6.92 Å². The molecule has 102 valence electrons. The molecule has 0 saturated heterocycles. The van der Waals surface area contributed by atoms with Gasteiger partial charge in [0.25, 0.3) is 0 Å². The minimum Gasteiger partial charge on any atom is -0.478 e. The van der Waals surface area contributed by atoms with Crippen LogP contribution < -0.4 is 0 Å². The Hall–Kier alpha value is -1.49. The first-order chi connectivity index (χ1) is 9.08. The van der Waals surface area contributed by atoms with E-state index in [1.54, 1.807) is 30.0 Å². The van der Waals surface area contributed by atoms with E-state index in [4.69, 9.17) is 5.11 Å². The van der Waals surface area contributed by atoms with E-state index < -0.39 is 5.97 Å². The number of hydrogen-bond acceptors (Lipinski definition) is 3. The summed E-state index contributed by atoms with van der Waals surface area (Å²) in [7, 11) is 0. The minimum absolute atomic E-state index is 0.313. The highest BCUT2D eigenvalue weighted by Crippen LogP contribution is 2.26. The average molecular weight is 278 g/mol. The van der Waals surface area contributed by atoms with E-state index in [1.807, 2.05) is 6.92 Å². The van der Waals surface area contributed by atoms with Gasteiger partial charge in [-0.15, -0.1) is 0 Å². The lowest BCUT2D eigenvalue weighted by Crippen LogP contribution is -2.12. The molecule has 0 saturated carbocycles. The molecule has 0 aliphatic carbocycles. The molecule has 0 spiro atoms. The first-order valence-corrected chi connectivity index (χ1v) is 7.68. The van der Waals surface area contributed by atoms with Crippen LogP contribution in [0.1, 0.15) is 35.6 Å². The van der Waals surface area contributed by atoms with Gasteiger partial charge < -0.3 is 9.67 Å². The third-order valence-electron chi connectivity index (χ3n) is 3.31. The number of imidazole rings is 1. The van der Waals surface area contributed by atoms with Crippen LogP contribution in [0.3, 0.4) is 0 Å². The van der Waals surface area contributed by atoms with Gasteiger partial charge in [0.2, 0.25) is 0 Å². The lowest BCUT2D eigenvalue weighted by molar-refractivity contribution is 0.0697. The number of thioether (sulfide) groups is 1. The van der Waals surface area contributed by atoms with Crippen molar-refractivity contribution in [1.82, 2.24) is 9.55 Å². The van der Waals surface area contributed by atoms with E-state index in [-0.39, 0.29) is 0 Å². The van der Waals surface area contributed by atoms with E-state index in [9.17, 15) is 4.79 Å². The third-order valence-corrected chi connectivity index (χ3v) is 4.03. The molecule has 4 nitrogen and oxygen atoms in total. The number of fused-ring (bicyclic) bond motifs is 1. The second kappa shape index (κ2) is 5.65. The Morgan fingerprint density at radius 3 is 2.84 bits per heavy atom. The first-order valence-electron chi connectivity index (χ1n) is 6.29. The number of aromatic nitrogens is 2. The van der Waals surface area contributed by atoms with Crippen molar-refractivity contribution in [2.24, 2.45) is 0 Å². The van der Waals surface area contributed by atoms with Crippen LogP contribution in [-0.2, 0) is 0 Å². The van der Waals surface area contributed by atoms with E-state index in [2.05, 4.69) is 22.7 Å². The van der Waals surface area contributed by atoms with Crippen molar-refractivity contribution in [3.05, 3.63) is 29.6 Å². The highest BCUT2D eigenvalue weighted by molar-refractivity contribution is 7.98. The fraction of sp³-hybridized carbons (Fsp3) is 0.429. The molecule has 1 unspecified atom stereocenters. The van der Waals surface area contributed by atoms with Crippen molar-refractivity contribution < 1.29 is 9.90 Å². The maximum Gasteiger partial charge on any atom is 0.335 e. The standard InChI is InChI=1S/C14H18N2O2S/c1-4-11(8-19-3)16-9(2)15-12-6-5-10(14(17)18)7-13(12)16/h5-7,11H,4,8H2,1-3H3,(H,17,18). The number of carbonyl (C=O) groups is 1. The second-order valence-corrected chi connectivity index (χ2v) is 5.47. The zero-order valence-corrected chi connectivity index (χ0v) is 12.2. The van der Waals surface area contributed by atoms with Crippen molar-refractivity contribution in [3.63, 3.8) is 0 Å². The van der Waals surface area contributed by atoms with Gasteiger partial charge in [0, 0.05) is 11.8 Å². The summed E-state index contributed by atoms with van der Waals surface area (Å²) in [5.41, 5.74) is 2.09. The van der Waals surface area contributed by atoms with Gasteiger partial charge in [-0.05, 0) is 37.8 Å². The van der Waals surface area contributed by atoms with Crippen molar-refractivity contribution in [3.8, 4) is 0 Å². The molecule has 1 atom stereocenters. The Labute approximate surface area is 116 Å². The number of carboxylic acids is 1. The molecule has 2 aromatic rings. The van der Waals surface area contributed by atoms with Crippen LogP contribution >= 0.6 is 11.8 Å². The lowest BCUT2D eigenvalue weighted by atomic mass is 10.2. The predicted molar refractivity (Wildman–Crippen MR) is 79.1 cm³/mol. The minimum atomic E-state index is -0.898. The van der Waals surface area contributed by atoms with Crippen LogP contribution in [0.25, 0.3) is 11.0 Å². The molecule has 0 aliphatic heterocycles. The zero-order valence-electron chi connectivity index (χ0n) is 11.4. The van der Waals surface area contributed by atoms with Crippen molar-refractivity contribution in [2.45, 2.75) is 26.3 Å². The molecule has 19 heavy (non-hydrogen) atoms. The van der Waals surface area contributed by atoms with Gasteiger partial charge in [0.1, 0.15) is 5.82 Å². The summed E-state index contributed by atoms with van der Waals surface area (Å²) < 4.78 is 2.16. The Kier molecular flexibility index (Phi) is 4.14. The molecule has 0 aliphatic rings. The molecule has 1 heterocycles. The number of rotatable bonds is 5. The number of hydrogen-bond donors (Lipinski definition) is 1. The van der Waals surface area contributed by atoms with Crippen LogP contribution in [0.2, 0.25) is 0 Å². The first kappa shape index (κ1) is 13.9. The van der Waals surface area contributed by atoms with Crippen molar-refractivity contribution >= 4 is 28.8 Å². The number of aromatic carboxylic acids is 1. The van der Waals surface area contributed by atoms with Gasteiger partial charge in [-0.2, -0.15) is 11.8 Å². The summed E-state index contributed by atoms with van der Waals surface area (Å²) in [5, 5.41) is 9.11. The quantitative estimate of drug-likeness (QED) is 0.911. The molecule has 1 aromatic carbocycles. The SMILES string of the molecule is CCC(CSC)n1c(C)nc2ccc(C(=O)O)cc21. The van der Waals surface area contributed by atoms with Crippen LogP contribution in [0.4, 0.5) is 0 Å². The van der Waals surface area contributed by atoms with Crippen LogP contribution in [0, 0.1) is 6.92 Å². The lowest BCUT2D eigenvalue weighted by Gasteiger charge is -2.18. The van der Waals surface area contributed by atoms with Crippen LogP contribution in [0.15, 0.2) is 18.2 Å². The largest absolute Gasteiger partial charge is 0.478 e. The van der Waals surface area contributed by atoms with Gasteiger partial charge >= 0.3 is 5.97 Å². The molecule has 0 radical (unpaired) electrons. The van der Waals surface area contributed by atoms with E-state index in [0.717, 1.165) is 29.0 Å². The summed E-state index contributed by atoms with van der Waals surface area (Å²) in [6, 6.07) is 5.47. The van der Waals surface area contributed by atoms with E-state index >= 15 is 0 Å². The number of nitrogens with zero attached hydrogens (tertiary/aromatic N) is 2. The fourth-order valence-corrected chi connectivity index (χ4v) is 3.14. The molecule has 0 bridgehead atoms.